The monoisotopic (exact) mass is 210 g/mol. The maximum absolute atomic E-state index is 12.6. The van der Waals surface area contributed by atoms with E-state index in [-0.39, 0.29) is 0 Å². The zero-order valence-electron chi connectivity index (χ0n) is 8.78. The van der Waals surface area contributed by atoms with Crippen LogP contribution in [0.5, 0.6) is 0 Å². The third kappa shape index (κ3) is 2.41. The largest absolute Gasteiger partial charge is 0.340 e. The molecule has 1 atom stereocenters. The van der Waals surface area contributed by atoms with Crippen LogP contribution < -0.4 is 10.2 Å². The summed E-state index contributed by atoms with van der Waals surface area (Å²) < 4.78 is 12.6. The van der Waals surface area contributed by atoms with Crippen LogP contribution in [-0.2, 0) is 0 Å². The van der Waals surface area contributed by atoms with Crippen LogP contribution in [0.2, 0.25) is 0 Å². The molecular formula is C10H15FN4. The average molecular weight is 210 g/mol. The first-order valence-electron chi connectivity index (χ1n) is 5.18. The lowest BCUT2D eigenvalue weighted by Gasteiger charge is -2.31. The molecule has 0 amide bonds. The Hall–Kier alpha value is -1.23. The number of anilines is 1. The molecular weight excluding hydrogens is 195 g/mol. The molecule has 0 radical (unpaired) electrons. The Morgan fingerprint density at radius 2 is 2.20 bits per heavy atom. The van der Waals surface area contributed by atoms with Crippen molar-refractivity contribution in [1.29, 1.82) is 0 Å². The molecule has 2 rings (SSSR count). The molecule has 1 N–H and O–H groups in total. The summed E-state index contributed by atoms with van der Waals surface area (Å²) in [4.78, 5) is 9.94. The lowest BCUT2D eigenvalue weighted by molar-refractivity contribution is 0.440. The van der Waals surface area contributed by atoms with E-state index in [9.17, 15) is 4.39 Å². The van der Waals surface area contributed by atoms with Gasteiger partial charge >= 0.3 is 0 Å². The third-order valence-corrected chi connectivity index (χ3v) is 2.74. The predicted molar refractivity (Wildman–Crippen MR) is 56.3 cm³/mol. The summed E-state index contributed by atoms with van der Waals surface area (Å²) in [6.07, 6.45) is 4.70. The standard InChI is InChI=1S/C10H15FN4/c1-15(9-3-2-4-12-7-9)10-13-5-8(11)6-14-10/h5-6,9,12H,2-4,7H2,1H3/t9-/m0/s1. The van der Waals surface area contributed by atoms with Gasteiger partial charge in [0.05, 0.1) is 12.4 Å². The molecule has 15 heavy (non-hydrogen) atoms. The van der Waals surface area contributed by atoms with E-state index in [0.29, 0.717) is 12.0 Å². The fraction of sp³-hybridized carbons (Fsp3) is 0.600. The highest BCUT2D eigenvalue weighted by atomic mass is 19.1. The Kier molecular flexibility index (Phi) is 3.11. The van der Waals surface area contributed by atoms with Gasteiger partial charge in [0.1, 0.15) is 0 Å². The van der Waals surface area contributed by atoms with E-state index in [1.165, 1.54) is 12.4 Å². The minimum atomic E-state index is -0.395. The molecule has 0 aromatic carbocycles. The molecule has 0 bridgehead atoms. The molecule has 5 heteroatoms. The molecule has 0 aliphatic carbocycles. The first-order chi connectivity index (χ1) is 7.27. The molecule has 0 unspecified atom stereocenters. The van der Waals surface area contributed by atoms with Gasteiger partial charge in [0.25, 0.3) is 0 Å². The summed E-state index contributed by atoms with van der Waals surface area (Å²) in [7, 11) is 1.95. The number of halogens is 1. The van der Waals surface area contributed by atoms with Gasteiger partial charge in [-0.3, -0.25) is 0 Å². The van der Waals surface area contributed by atoms with Crippen molar-refractivity contribution in [3.8, 4) is 0 Å². The smallest absolute Gasteiger partial charge is 0.225 e. The van der Waals surface area contributed by atoms with Gasteiger partial charge in [-0.25, -0.2) is 14.4 Å². The van der Waals surface area contributed by atoms with Crippen molar-refractivity contribution >= 4 is 5.95 Å². The van der Waals surface area contributed by atoms with Crippen molar-refractivity contribution in [3.05, 3.63) is 18.2 Å². The minimum absolute atomic E-state index is 0.395. The van der Waals surface area contributed by atoms with Gasteiger partial charge in [0, 0.05) is 19.6 Å². The maximum Gasteiger partial charge on any atom is 0.225 e. The number of aromatic nitrogens is 2. The SMILES string of the molecule is CN(c1ncc(F)cn1)[C@H]1CCCNC1. The van der Waals surface area contributed by atoms with Gasteiger partial charge in [-0.15, -0.1) is 0 Å². The lowest BCUT2D eigenvalue weighted by Crippen LogP contribution is -2.44. The lowest BCUT2D eigenvalue weighted by atomic mass is 10.1. The van der Waals surface area contributed by atoms with E-state index in [4.69, 9.17) is 0 Å². The summed E-state index contributed by atoms with van der Waals surface area (Å²) in [5, 5.41) is 3.33. The quantitative estimate of drug-likeness (QED) is 0.784. The van der Waals surface area contributed by atoms with E-state index in [2.05, 4.69) is 15.3 Å². The minimum Gasteiger partial charge on any atom is -0.340 e. The van der Waals surface area contributed by atoms with Crippen molar-refractivity contribution in [2.75, 3.05) is 25.0 Å². The first kappa shape index (κ1) is 10.3. The fourth-order valence-electron chi connectivity index (χ4n) is 1.81. The van der Waals surface area contributed by atoms with Crippen LogP contribution in [0.1, 0.15) is 12.8 Å². The highest BCUT2D eigenvalue weighted by Gasteiger charge is 2.19. The van der Waals surface area contributed by atoms with E-state index in [1.807, 2.05) is 11.9 Å². The van der Waals surface area contributed by atoms with E-state index in [0.717, 1.165) is 25.9 Å². The van der Waals surface area contributed by atoms with Gasteiger partial charge in [0.15, 0.2) is 5.82 Å². The highest BCUT2D eigenvalue weighted by molar-refractivity contribution is 5.29. The molecule has 1 aromatic heterocycles. The van der Waals surface area contributed by atoms with Gasteiger partial charge < -0.3 is 10.2 Å². The fourth-order valence-corrected chi connectivity index (χ4v) is 1.81. The molecule has 82 valence electrons. The topological polar surface area (TPSA) is 41.1 Å². The zero-order valence-corrected chi connectivity index (χ0v) is 8.78. The Morgan fingerprint density at radius 1 is 1.47 bits per heavy atom. The van der Waals surface area contributed by atoms with Crippen LogP contribution in [0.15, 0.2) is 12.4 Å². The Bertz CT molecular complexity index is 308. The van der Waals surface area contributed by atoms with Crippen LogP contribution in [0.3, 0.4) is 0 Å². The molecule has 0 spiro atoms. The highest BCUT2D eigenvalue weighted by Crippen LogP contribution is 2.13. The first-order valence-corrected chi connectivity index (χ1v) is 5.18. The number of nitrogens with one attached hydrogen (secondary N) is 1. The molecule has 1 aliphatic heterocycles. The Morgan fingerprint density at radius 3 is 2.80 bits per heavy atom. The molecule has 1 aliphatic rings. The summed E-state index contributed by atoms with van der Waals surface area (Å²) >= 11 is 0. The zero-order chi connectivity index (χ0) is 10.7. The van der Waals surface area contributed by atoms with E-state index < -0.39 is 5.82 Å². The number of rotatable bonds is 2. The molecule has 4 nitrogen and oxygen atoms in total. The maximum atomic E-state index is 12.6. The number of nitrogens with zero attached hydrogens (tertiary/aromatic N) is 3. The second-order valence-corrected chi connectivity index (χ2v) is 3.81. The van der Waals surface area contributed by atoms with Gasteiger partial charge in [-0.1, -0.05) is 0 Å². The Balaban J connectivity index is 2.05. The molecule has 2 heterocycles. The molecule has 0 saturated carbocycles. The number of piperidine rings is 1. The average Bonchev–Trinajstić information content (AvgIpc) is 2.30. The summed E-state index contributed by atoms with van der Waals surface area (Å²) in [6, 6.07) is 0.407. The predicted octanol–water partition coefficient (Wildman–Crippen LogP) is 0.804. The third-order valence-electron chi connectivity index (χ3n) is 2.74. The van der Waals surface area contributed by atoms with Crippen LogP contribution in [0.4, 0.5) is 10.3 Å². The van der Waals surface area contributed by atoms with Crippen LogP contribution in [0, 0.1) is 5.82 Å². The van der Waals surface area contributed by atoms with E-state index >= 15 is 0 Å². The normalized spacial score (nSPS) is 21.3. The second kappa shape index (κ2) is 4.53. The molecule has 1 saturated heterocycles. The van der Waals surface area contributed by atoms with Crippen LogP contribution in [-0.4, -0.2) is 36.1 Å². The van der Waals surface area contributed by atoms with Crippen molar-refractivity contribution in [1.82, 2.24) is 15.3 Å². The van der Waals surface area contributed by atoms with Crippen LogP contribution in [0.25, 0.3) is 0 Å². The van der Waals surface area contributed by atoms with Crippen molar-refractivity contribution < 1.29 is 4.39 Å². The van der Waals surface area contributed by atoms with Gasteiger partial charge in [0.2, 0.25) is 5.95 Å². The number of hydrogen-bond donors (Lipinski definition) is 1. The summed E-state index contributed by atoms with van der Waals surface area (Å²) in [6.45, 7) is 2.02. The van der Waals surface area contributed by atoms with E-state index in [1.54, 1.807) is 0 Å². The van der Waals surface area contributed by atoms with Crippen molar-refractivity contribution in [2.45, 2.75) is 18.9 Å². The van der Waals surface area contributed by atoms with Gasteiger partial charge in [-0.2, -0.15) is 0 Å². The van der Waals surface area contributed by atoms with Gasteiger partial charge in [-0.05, 0) is 19.4 Å². The van der Waals surface area contributed by atoms with Crippen molar-refractivity contribution in [3.63, 3.8) is 0 Å². The van der Waals surface area contributed by atoms with Crippen LogP contribution >= 0.6 is 0 Å². The molecule has 1 fully saturated rings. The number of hydrogen-bond acceptors (Lipinski definition) is 4. The van der Waals surface area contributed by atoms with Crippen molar-refractivity contribution in [2.24, 2.45) is 0 Å². The Labute approximate surface area is 88.5 Å². The summed E-state index contributed by atoms with van der Waals surface area (Å²) in [5.74, 6) is 0.194. The second-order valence-electron chi connectivity index (χ2n) is 3.81. The number of likely N-dealkylation sites (N-methyl/N-ethyl adjacent to an activating group) is 1. The molecule has 1 aromatic rings. The summed E-state index contributed by atoms with van der Waals surface area (Å²) in [5.41, 5.74) is 0.